The average Bonchev–Trinajstić information content (AvgIpc) is 2.96. The highest BCUT2D eigenvalue weighted by molar-refractivity contribution is 5.66. The molecule has 0 aromatic heterocycles. The van der Waals surface area contributed by atoms with E-state index in [1.165, 1.54) is 37.0 Å². The highest BCUT2D eigenvalue weighted by Gasteiger charge is 2.40. The summed E-state index contributed by atoms with van der Waals surface area (Å²) in [5, 5.41) is 58.5. The Bertz CT molecular complexity index is 1220. The van der Waals surface area contributed by atoms with E-state index in [4.69, 9.17) is 5.53 Å². The SMILES string of the molecule is [N-]=[N+]=Nc1ccc(NCCc2cc(CCN3C[C@H](O)[C@@H](O)[C@H](O)[C@H]3CO)cc(C3CCCCC3)c2)c([N+](=O)[O-])c1. The molecule has 5 N–H and O–H groups in total. The molecule has 2 fully saturated rings. The van der Waals surface area contributed by atoms with Crippen molar-refractivity contribution in [3.05, 3.63) is 73.6 Å². The summed E-state index contributed by atoms with van der Waals surface area (Å²) < 4.78 is 0. The van der Waals surface area contributed by atoms with Gasteiger partial charge in [-0.3, -0.25) is 15.0 Å². The van der Waals surface area contributed by atoms with Crippen molar-refractivity contribution in [2.75, 3.05) is 31.6 Å². The zero-order valence-corrected chi connectivity index (χ0v) is 22.5. The predicted molar refractivity (Wildman–Crippen MR) is 151 cm³/mol. The molecule has 1 saturated carbocycles. The van der Waals surface area contributed by atoms with Gasteiger partial charge in [-0.15, -0.1) is 0 Å². The van der Waals surface area contributed by atoms with Crippen molar-refractivity contribution in [3.8, 4) is 0 Å². The van der Waals surface area contributed by atoms with E-state index in [0.29, 0.717) is 37.5 Å². The summed E-state index contributed by atoms with van der Waals surface area (Å²) in [6.45, 7) is 0.811. The number of likely N-dealkylation sites (tertiary alicyclic amines) is 1. The van der Waals surface area contributed by atoms with Crippen molar-refractivity contribution < 1.29 is 25.3 Å². The molecular formula is C28H38N6O6. The summed E-state index contributed by atoms with van der Waals surface area (Å²) in [7, 11) is 0. The first-order valence-corrected chi connectivity index (χ1v) is 13.9. The zero-order valence-electron chi connectivity index (χ0n) is 22.5. The lowest BCUT2D eigenvalue weighted by Gasteiger charge is -2.43. The first-order chi connectivity index (χ1) is 19.3. The maximum Gasteiger partial charge on any atom is 0.292 e. The maximum atomic E-state index is 11.5. The van der Waals surface area contributed by atoms with Crippen LogP contribution in [-0.4, -0.2) is 80.8 Å². The molecule has 1 aliphatic carbocycles. The summed E-state index contributed by atoms with van der Waals surface area (Å²) in [6.07, 6.45) is 3.60. The normalized spacial score (nSPS) is 23.9. The van der Waals surface area contributed by atoms with Gasteiger partial charge in [0.1, 0.15) is 17.9 Å². The van der Waals surface area contributed by atoms with Crippen LogP contribution in [0.1, 0.15) is 54.7 Å². The maximum absolute atomic E-state index is 11.5. The number of piperidine rings is 1. The van der Waals surface area contributed by atoms with Crippen molar-refractivity contribution in [2.24, 2.45) is 5.11 Å². The number of nitrogens with zero attached hydrogens (tertiary/aromatic N) is 5. The highest BCUT2D eigenvalue weighted by atomic mass is 16.6. The number of anilines is 1. The second kappa shape index (κ2) is 13.9. The van der Waals surface area contributed by atoms with E-state index < -0.39 is 29.3 Å². The Hall–Kier alpha value is -3.25. The molecule has 2 aromatic carbocycles. The van der Waals surface area contributed by atoms with E-state index in [0.717, 1.165) is 24.0 Å². The number of azide groups is 1. The van der Waals surface area contributed by atoms with Gasteiger partial charge in [-0.05, 0) is 59.9 Å². The Labute approximate surface area is 233 Å². The molecule has 40 heavy (non-hydrogen) atoms. The molecule has 0 bridgehead atoms. The van der Waals surface area contributed by atoms with Crippen molar-refractivity contribution in [2.45, 2.75) is 75.2 Å². The Balaban J connectivity index is 1.49. The summed E-state index contributed by atoms with van der Waals surface area (Å²) in [4.78, 5) is 15.6. The number of rotatable bonds is 11. The molecule has 1 heterocycles. The number of nitro groups is 1. The lowest BCUT2D eigenvalue weighted by Crippen LogP contribution is -2.62. The van der Waals surface area contributed by atoms with Gasteiger partial charge < -0.3 is 25.7 Å². The number of β-amino-alcohol motifs (C(OH)–C–C–N with tert-alkyl or cyclic N) is 1. The fraction of sp³-hybridized carbons (Fsp3) is 0.571. The van der Waals surface area contributed by atoms with Gasteiger partial charge in [0.2, 0.25) is 0 Å². The lowest BCUT2D eigenvalue weighted by molar-refractivity contribution is -0.383. The molecule has 12 heteroatoms. The molecule has 4 rings (SSSR count). The van der Waals surface area contributed by atoms with Gasteiger partial charge in [-0.2, -0.15) is 0 Å². The fourth-order valence-electron chi connectivity index (χ4n) is 5.94. The predicted octanol–water partition coefficient (Wildman–Crippen LogP) is 3.54. The number of nitro benzene ring substituents is 1. The van der Waals surface area contributed by atoms with Gasteiger partial charge in [0.05, 0.1) is 23.7 Å². The largest absolute Gasteiger partial charge is 0.395 e. The van der Waals surface area contributed by atoms with Gasteiger partial charge >= 0.3 is 0 Å². The molecule has 0 unspecified atom stereocenters. The van der Waals surface area contributed by atoms with E-state index in [2.05, 4.69) is 33.5 Å². The molecule has 2 aromatic rings. The molecule has 0 radical (unpaired) electrons. The van der Waals surface area contributed by atoms with Crippen molar-refractivity contribution >= 4 is 17.1 Å². The van der Waals surface area contributed by atoms with Crippen LogP contribution >= 0.6 is 0 Å². The van der Waals surface area contributed by atoms with E-state index in [-0.39, 0.29) is 24.5 Å². The Morgan fingerprint density at radius 3 is 2.45 bits per heavy atom. The average molecular weight is 555 g/mol. The minimum Gasteiger partial charge on any atom is -0.395 e. The van der Waals surface area contributed by atoms with Gasteiger partial charge in [-0.25, -0.2) is 0 Å². The van der Waals surface area contributed by atoms with Gasteiger partial charge in [0.15, 0.2) is 0 Å². The summed E-state index contributed by atoms with van der Waals surface area (Å²) >= 11 is 0. The molecule has 4 atom stereocenters. The standard InChI is InChI=1S/C28H38N6O6/c29-32-31-22-6-7-23(24(15-22)34(39)40)30-10-8-18-12-19(14-21(13-18)20-4-2-1-3-5-20)9-11-33-16-26(36)28(38)27(37)25(33)17-35/h6-7,12-15,20,25-28,30,35-38H,1-5,8-11,16-17H2/t25-,26+,27-,28-/m1/s1. The number of aliphatic hydroxyl groups is 4. The number of hydrogen-bond donors (Lipinski definition) is 5. The molecule has 1 aliphatic heterocycles. The molecule has 2 aliphatic rings. The molecular weight excluding hydrogens is 516 g/mol. The fourth-order valence-corrected chi connectivity index (χ4v) is 5.94. The lowest BCUT2D eigenvalue weighted by atomic mass is 9.82. The van der Waals surface area contributed by atoms with Crippen LogP contribution in [0.5, 0.6) is 0 Å². The molecule has 12 nitrogen and oxygen atoms in total. The summed E-state index contributed by atoms with van der Waals surface area (Å²) in [5.41, 5.74) is 12.5. The number of aliphatic hydroxyl groups excluding tert-OH is 4. The van der Waals surface area contributed by atoms with Crippen molar-refractivity contribution in [1.29, 1.82) is 0 Å². The number of benzene rings is 2. The Morgan fingerprint density at radius 2 is 1.77 bits per heavy atom. The Kier molecular flexibility index (Phi) is 10.3. The van der Waals surface area contributed by atoms with Crippen LogP contribution in [0.4, 0.5) is 17.1 Å². The minimum atomic E-state index is -1.28. The number of nitrogens with one attached hydrogen (secondary N) is 1. The summed E-state index contributed by atoms with van der Waals surface area (Å²) in [5.74, 6) is 0.480. The van der Waals surface area contributed by atoms with Crippen LogP contribution in [-0.2, 0) is 12.8 Å². The van der Waals surface area contributed by atoms with Crippen molar-refractivity contribution in [1.82, 2.24) is 4.90 Å². The second-order valence-corrected chi connectivity index (χ2v) is 10.8. The van der Waals surface area contributed by atoms with Crippen LogP contribution in [0.15, 0.2) is 41.5 Å². The first-order valence-electron chi connectivity index (χ1n) is 13.9. The third-order valence-electron chi connectivity index (χ3n) is 8.12. The van der Waals surface area contributed by atoms with Gasteiger partial charge in [0, 0.05) is 36.3 Å². The number of hydrogen-bond acceptors (Lipinski definition) is 9. The quantitative estimate of drug-likeness (QED) is 0.0916. The smallest absolute Gasteiger partial charge is 0.292 e. The van der Waals surface area contributed by atoms with Crippen LogP contribution in [0.25, 0.3) is 10.4 Å². The summed E-state index contributed by atoms with van der Waals surface area (Å²) in [6, 6.07) is 10.2. The van der Waals surface area contributed by atoms with Crippen LogP contribution in [0, 0.1) is 10.1 Å². The molecule has 216 valence electrons. The van der Waals surface area contributed by atoms with Gasteiger partial charge in [0.25, 0.3) is 5.69 Å². The second-order valence-electron chi connectivity index (χ2n) is 10.8. The highest BCUT2D eigenvalue weighted by Crippen LogP contribution is 2.34. The van der Waals surface area contributed by atoms with Crippen molar-refractivity contribution in [3.63, 3.8) is 0 Å². The Morgan fingerprint density at radius 1 is 1.05 bits per heavy atom. The van der Waals surface area contributed by atoms with Gasteiger partial charge in [-0.1, -0.05) is 48.6 Å². The first kappa shape index (κ1) is 29.7. The monoisotopic (exact) mass is 554 g/mol. The third-order valence-corrected chi connectivity index (χ3v) is 8.12. The zero-order chi connectivity index (χ0) is 28.6. The third kappa shape index (κ3) is 7.28. The van der Waals surface area contributed by atoms with E-state index in [9.17, 15) is 30.5 Å². The van der Waals surface area contributed by atoms with Crippen LogP contribution in [0.3, 0.4) is 0 Å². The topological polar surface area (TPSA) is 188 Å². The van der Waals surface area contributed by atoms with E-state index in [1.807, 2.05) is 4.90 Å². The molecule has 0 spiro atoms. The van der Waals surface area contributed by atoms with E-state index >= 15 is 0 Å². The molecule has 0 amide bonds. The van der Waals surface area contributed by atoms with E-state index in [1.54, 1.807) is 6.07 Å². The minimum absolute atomic E-state index is 0.156. The molecule has 1 saturated heterocycles. The van der Waals surface area contributed by atoms with Crippen LogP contribution < -0.4 is 5.32 Å². The van der Waals surface area contributed by atoms with Crippen LogP contribution in [0.2, 0.25) is 0 Å².